The summed E-state index contributed by atoms with van der Waals surface area (Å²) in [5, 5.41) is 0. The molecule has 6 amide bonds. The zero-order chi connectivity index (χ0) is 66.9. The van der Waals surface area contributed by atoms with Gasteiger partial charge in [0, 0.05) is 30.9 Å². The maximum absolute atomic E-state index is 16.0. The highest BCUT2D eigenvalue weighted by Crippen LogP contribution is 2.59. The highest BCUT2D eigenvalue weighted by atomic mass is 32.2. The summed E-state index contributed by atoms with van der Waals surface area (Å²) in [6, 6.07) is 38.6. The second-order valence-electron chi connectivity index (χ2n) is 24.2. The van der Waals surface area contributed by atoms with E-state index in [1.54, 1.807) is 83.1 Å². The topological polar surface area (TPSA) is 184 Å². The van der Waals surface area contributed by atoms with Crippen LogP contribution < -0.4 is 19.6 Å². The Bertz CT molecular complexity index is 5130. The summed E-state index contributed by atoms with van der Waals surface area (Å²) in [6.07, 6.45) is -12.8. The van der Waals surface area contributed by atoms with Crippen LogP contribution in [0, 0.1) is 27.7 Å². The average Bonchev–Trinajstić information content (AvgIpc) is 1.41. The SMILES string of the molecule is Cc1cc(N2C(=O)c3ccc(C(c4ccc5c(c4)C(=O)N(c4ccc(C6(c7ccc(N8C(=O)c9ccc(S(=O)(=O)c%10ccc%11c(c%10)C(=O)CC%11=O)cc9C8=O)c(C)c7)c7ccccc7-c7ccccc76)cc4C)C5=O)(C(F)(F)F)C(F)(F)F)cc3C2=O)c(C)cc1N(C)C. The molecular weight excluding hydrogens is 1240 g/mol. The molecule has 9 aromatic rings. The molecule has 5 aliphatic rings. The first-order valence-electron chi connectivity index (χ1n) is 29.3. The first-order valence-corrected chi connectivity index (χ1v) is 30.8. The van der Waals surface area contributed by atoms with Crippen molar-refractivity contribution in [3.63, 3.8) is 0 Å². The second-order valence-corrected chi connectivity index (χ2v) is 26.2. The van der Waals surface area contributed by atoms with Crippen molar-refractivity contribution in [3.8, 4) is 11.1 Å². The normalized spacial score (nSPS) is 15.7. The molecule has 0 radical (unpaired) electrons. The molecule has 468 valence electrons. The maximum atomic E-state index is 16.0. The van der Waals surface area contributed by atoms with Gasteiger partial charge in [-0.1, -0.05) is 84.9 Å². The molecule has 9 aromatic carbocycles. The molecule has 0 N–H and O–H groups in total. The number of ketones is 2. The molecule has 14 nitrogen and oxygen atoms in total. The van der Waals surface area contributed by atoms with Gasteiger partial charge < -0.3 is 4.90 Å². The lowest BCUT2D eigenvalue weighted by molar-refractivity contribution is -0.288. The number of nitrogens with zero attached hydrogens (tertiary/aromatic N) is 4. The van der Waals surface area contributed by atoms with Gasteiger partial charge in [0.25, 0.3) is 35.4 Å². The Labute approximate surface area is 532 Å². The molecule has 0 fully saturated rings. The third-order valence-corrected chi connectivity index (χ3v) is 20.6. The van der Waals surface area contributed by atoms with Crippen molar-refractivity contribution in [2.75, 3.05) is 33.7 Å². The molecule has 0 bridgehead atoms. The van der Waals surface area contributed by atoms with Crippen molar-refractivity contribution in [2.45, 2.75) is 67.1 Å². The summed E-state index contributed by atoms with van der Waals surface area (Å²) in [6.45, 7) is 6.57. The number of carbonyl (C=O) groups is 8. The van der Waals surface area contributed by atoms with Crippen molar-refractivity contribution >= 4 is 79.6 Å². The first-order chi connectivity index (χ1) is 44.4. The van der Waals surface area contributed by atoms with Gasteiger partial charge >= 0.3 is 12.4 Å². The van der Waals surface area contributed by atoms with Gasteiger partial charge in [-0.15, -0.1) is 0 Å². The Hall–Kier alpha value is -10.9. The number of alkyl halides is 6. The van der Waals surface area contributed by atoms with Gasteiger partial charge in [-0.2, -0.15) is 26.3 Å². The number of sulfone groups is 1. The Balaban J connectivity index is 0.814. The zero-order valence-corrected chi connectivity index (χ0v) is 51.2. The zero-order valence-electron chi connectivity index (χ0n) is 50.4. The molecule has 0 atom stereocenters. The number of amides is 6. The minimum absolute atomic E-state index is 0.0295. The van der Waals surface area contributed by atoms with Crippen LogP contribution in [-0.2, 0) is 20.7 Å². The molecule has 3 heterocycles. The summed E-state index contributed by atoms with van der Waals surface area (Å²) in [5.74, 6) is -6.91. The van der Waals surface area contributed by atoms with Gasteiger partial charge in [-0.05, 0) is 179 Å². The number of halogens is 6. The van der Waals surface area contributed by atoms with E-state index in [4.69, 9.17) is 0 Å². The molecule has 0 saturated carbocycles. The van der Waals surface area contributed by atoms with Gasteiger partial charge in [0.05, 0.1) is 72.1 Å². The van der Waals surface area contributed by atoms with E-state index in [9.17, 15) is 46.8 Å². The molecule has 94 heavy (non-hydrogen) atoms. The lowest BCUT2D eigenvalue weighted by Crippen LogP contribution is -2.55. The van der Waals surface area contributed by atoms with Crippen LogP contribution in [0.1, 0.15) is 145 Å². The van der Waals surface area contributed by atoms with E-state index in [1.807, 2.05) is 48.5 Å². The average molecular weight is 1290 g/mol. The fourth-order valence-corrected chi connectivity index (χ4v) is 15.7. The van der Waals surface area contributed by atoms with Gasteiger partial charge in [0.1, 0.15) is 0 Å². The maximum Gasteiger partial charge on any atom is 0.411 e. The third kappa shape index (κ3) is 8.25. The Kier molecular flexibility index (Phi) is 13.2. The quantitative estimate of drug-likeness (QED) is 0.0721. The van der Waals surface area contributed by atoms with E-state index >= 15 is 26.3 Å². The van der Waals surface area contributed by atoms with E-state index < -0.39 is 113 Å². The molecule has 3 aliphatic heterocycles. The first kappa shape index (κ1) is 60.6. The highest BCUT2D eigenvalue weighted by Gasteiger charge is 2.73. The Morgan fingerprint density at radius 3 is 1.21 bits per heavy atom. The van der Waals surface area contributed by atoms with Gasteiger partial charge in [-0.3, -0.25) is 38.4 Å². The summed E-state index contributed by atoms with van der Waals surface area (Å²) < 4.78 is 124. The van der Waals surface area contributed by atoms with E-state index in [1.165, 1.54) is 36.4 Å². The predicted molar refractivity (Wildman–Crippen MR) is 334 cm³/mol. The number of imide groups is 3. The Morgan fingerprint density at radius 1 is 0.383 bits per heavy atom. The minimum Gasteiger partial charge on any atom is -0.377 e. The van der Waals surface area contributed by atoms with E-state index in [2.05, 4.69) is 0 Å². The van der Waals surface area contributed by atoms with Gasteiger partial charge in [0.2, 0.25) is 15.3 Å². The number of hydrogen-bond acceptors (Lipinski definition) is 11. The number of anilines is 4. The lowest BCUT2D eigenvalue weighted by Gasteiger charge is -2.38. The molecule has 0 saturated heterocycles. The van der Waals surface area contributed by atoms with Crippen LogP contribution in [0.4, 0.5) is 49.1 Å². The number of hydrogen-bond donors (Lipinski definition) is 0. The van der Waals surface area contributed by atoms with Gasteiger partial charge in [-0.25, -0.2) is 23.1 Å². The highest BCUT2D eigenvalue weighted by molar-refractivity contribution is 7.91. The molecule has 0 spiro atoms. The van der Waals surface area contributed by atoms with Gasteiger partial charge in [0.15, 0.2) is 11.6 Å². The minimum atomic E-state index is -6.22. The van der Waals surface area contributed by atoms with Crippen molar-refractivity contribution in [1.82, 2.24) is 0 Å². The molecule has 0 aromatic heterocycles. The molecule has 2 aliphatic carbocycles. The summed E-state index contributed by atoms with van der Waals surface area (Å²) in [5.41, 5.74) is -4.66. The number of rotatable bonds is 10. The summed E-state index contributed by atoms with van der Waals surface area (Å²) in [7, 11) is -0.850. The van der Waals surface area contributed by atoms with Crippen molar-refractivity contribution in [2.24, 2.45) is 0 Å². The fourth-order valence-electron chi connectivity index (χ4n) is 14.4. The molecule has 21 heteroatoms. The monoisotopic (exact) mass is 1290 g/mol. The molecule has 14 rings (SSSR count). The molecule has 0 unspecified atom stereocenters. The van der Waals surface area contributed by atoms with Crippen molar-refractivity contribution < 1.29 is 73.1 Å². The van der Waals surface area contributed by atoms with Crippen molar-refractivity contribution in [3.05, 3.63) is 270 Å². The summed E-state index contributed by atoms with van der Waals surface area (Å²) in [4.78, 5) is 114. The summed E-state index contributed by atoms with van der Waals surface area (Å²) >= 11 is 0. The van der Waals surface area contributed by atoms with Crippen LogP contribution in [0.5, 0.6) is 0 Å². The van der Waals surface area contributed by atoms with Crippen LogP contribution in [0.3, 0.4) is 0 Å². The van der Waals surface area contributed by atoms with Crippen LogP contribution in [0.2, 0.25) is 0 Å². The number of aryl methyl sites for hydroxylation is 4. The van der Waals surface area contributed by atoms with E-state index in [0.29, 0.717) is 61.9 Å². The number of carbonyl (C=O) groups excluding carboxylic acids is 8. The number of benzene rings is 9. The predicted octanol–water partition coefficient (Wildman–Crippen LogP) is 13.8. The standard InChI is InChI=1S/C73H48F6N4O10S/c1-36-27-40(17-25-58(36)81-64(86)49-21-15-42(31-53(49)67(81)89)71(72(74,75)76,73(77,78)79)43-16-22-50-54(32-43)68(90)83(66(50)88)61-30-38(3)60(80(5)6)29-39(61)4)70(56-13-9-7-11-46(56)47-12-8-10-14-57(47)70)41-18-26-59(37(2)28-41)82-65(87)51-24-20-45(34-55(51)69(82)91)94(92,93)44-19-23-48-52(33-44)63(85)35-62(48)84/h7-34H,35H2,1-6H3. The number of Topliss-reactive ketones (excluding diaryl/α,β-unsaturated/α-hetero) is 2. The molecular formula is C73H48F6N4O10S. The van der Waals surface area contributed by atoms with Crippen LogP contribution >= 0.6 is 0 Å². The number of fused-ring (bicyclic) bond motifs is 7. The van der Waals surface area contributed by atoms with Crippen LogP contribution in [0.25, 0.3) is 11.1 Å². The van der Waals surface area contributed by atoms with E-state index in [-0.39, 0.29) is 61.1 Å². The van der Waals surface area contributed by atoms with E-state index in [0.717, 1.165) is 57.1 Å². The Morgan fingerprint density at radius 2 is 0.766 bits per heavy atom. The van der Waals surface area contributed by atoms with Crippen LogP contribution in [-0.4, -0.2) is 81.9 Å². The lowest BCUT2D eigenvalue weighted by atomic mass is 9.67. The second kappa shape index (κ2) is 20.5. The smallest absolute Gasteiger partial charge is 0.377 e. The third-order valence-electron chi connectivity index (χ3n) is 18.8. The van der Waals surface area contributed by atoms with Crippen LogP contribution in [0.15, 0.2) is 180 Å². The largest absolute Gasteiger partial charge is 0.411 e. The fraction of sp³-hybridized carbons (Fsp3) is 0.151. The van der Waals surface area contributed by atoms with Crippen molar-refractivity contribution in [1.29, 1.82) is 0 Å².